The molecule has 0 atom stereocenters. The van der Waals surface area contributed by atoms with Crippen molar-refractivity contribution >= 4 is 34.8 Å². The highest BCUT2D eigenvalue weighted by Gasteiger charge is 2.22. The largest absolute Gasteiger partial charge is 0.348 e. The number of carbonyl (C=O) groups excluding carboxylic acids is 1. The molecule has 2 aromatic heterocycles. The third-order valence-corrected chi connectivity index (χ3v) is 4.69. The fraction of sp³-hybridized carbons (Fsp3) is 0.357. The zero-order valence-electron chi connectivity index (χ0n) is 11.3. The molecule has 0 aliphatic carbocycles. The first kappa shape index (κ1) is 14.3. The zero-order chi connectivity index (χ0) is 14.7. The summed E-state index contributed by atoms with van der Waals surface area (Å²) in [6, 6.07) is 5.51. The van der Waals surface area contributed by atoms with Gasteiger partial charge in [-0.1, -0.05) is 11.6 Å². The lowest BCUT2D eigenvalue weighted by Gasteiger charge is -2.32. The number of thiophene rings is 1. The number of aromatic nitrogens is 2. The highest BCUT2D eigenvalue weighted by molar-refractivity contribution is 7.17. The molecule has 0 bridgehead atoms. The lowest BCUT2D eigenvalue weighted by Crippen LogP contribution is -2.45. The summed E-state index contributed by atoms with van der Waals surface area (Å²) >= 11 is 7.16. The minimum absolute atomic E-state index is 0.0405. The Morgan fingerprint density at radius 3 is 2.62 bits per heavy atom. The van der Waals surface area contributed by atoms with Crippen LogP contribution >= 0.6 is 22.9 Å². The minimum atomic E-state index is -0.0405. The molecule has 2 aromatic rings. The summed E-state index contributed by atoms with van der Waals surface area (Å²) in [5, 5.41) is 3.07. The number of carbonyl (C=O) groups is 1. The fourth-order valence-electron chi connectivity index (χ4n) is 2.37. The van der Waals surface area contributed by atoms with Crippen molar-refractivity contribution in [1.29, 1.82) is 0 Å². The van der Waals surface area contributed by atoms with E-state index in [4.69, 9.17) is 11.6 Å². The number of hydrogen-bond donors (Lipinski definition) is 1. The van der Waals surface area contributed by atoms with Crippen LogP contribution in [0.25, 0.3) is 0 Å². The van der Waals surface area contributed by atoms with Gasteiger partial charge in [0.05, 0.1) is 9.21 Å². The van der Waals surface area contributed by atoms with Gasteiger partial charge >= 0.3 is 0 Å². The van der Waals surface area contributed by atoms with Crippen molar-refractivity contribution in [3.05, 3.63) is 39.8 Å². The Morgan fingerprint density at radius 1 is 1.29 bits per heavy atom. The smallest absolute Gasteiger partial charge is 0.261 e. The molecule has 3 rings (SSSR count). The quantitative estimate of drug-likeness (QED) is 0.943. The zero-order valence-corrected chi connectivity index (χ0v) is 12.9. The van der Waals surface area contributed by atoms with E-state index in [1.807, 2.05) is 6.07 Å². The van der Waals surface area contributed by atoms with Crippen LogP contribution in [0.3, 0.4) is 0 Å². The normalized spacial score (nSPS) is 16.0. The molecule has 110 valence electrons. The highest BCUT2D eigenvalue weighted by Crippen LogP contribution is 2.22. The van der Waals surface area contributed by atoms with Crippen LogP contribution in [-0.4, -0.2) is 35.0 Å². The third kappa shape index (κ3) is 3.51. The summed E-state index contributed by atoms with van der Waals surface area (Å²) in [6.07, 6.45) is 5.28. The van der Waals surface area contributed by atoms with E-state index in [1.54, 1.807) is 24.5 Å². The molecule has 1 amide bonds. The number of rotatable bonds is 3. The van der Waals surface area contributed by atoms with E-state index < -0.39 is 0 Å². The molecule has 1 aliphatic rings. The van der Waals surface area contributed by atoms with Gasteiger partial charge in [-0.2, -0.15) is 0 Å². The maximum Gasteiger partial charge on any atom is 0.261 e. The fourth-order valence-corrected chi connectivity index (χ4v) is 3.32. The van der Waals surface area contributed by atoms with Crippen LogP contribution < -0.4 is 10.2 Å². The van der Waals surface area contributed by atoms with Gasteiger partial charge in [0.2, 0.25) is 5.95 Å². The summed E-state index contributed by atoms with van der Waals surface area (Å²) in [5.41, 5.74) is 0. The molecule has 1 N–H and O–H groups in total. The predicted molar refractivity (Wildman–Crippen MR) is 84.1 cm³/mol. The lowest BCUT2D eigenvalue weighted by molar-refractivity contribution is 0.0935. The number of halogens is 1. The highest BCUT2D eigenvalue weighted by atomic mass is 35.5. The second kappa shape index (κ2) is 6.41. The van der Waals surface area contributed by atoms with E-state index in [1.165, 1.54) is 11.3 Å². The Labute approximate surface area is 132 Å². The summed E-state index contributed by atoms with van der Waals surface area (Å²) in [4.78, 5) is 23.4. The summed E-state index contributed by atoms with van der Waals surface area (Å²) in [5.74, 6) is 0.716. The number of piperidine rings is 1. The second-order valence-electron chi connectivity index (χ2n) is 4.89. The Bertz CT molecular complexity index is 610. The van der Waals surface area contributed by atoms with Crippen LogP contribution in [-0.2, 0) is 0 Å². The van der Waals surface area contributed by atoms with Gasteiger partial charge in [-0.25, -0.2) is 9.97 Å². The first-order valence-electron chi connectivity index (χ1n) is 6.80. The Hall–Kier alpha value is -1.66. The van der Waals surface area contributed by atoms with E-state index in [0.29, 0.717) is 9.21 Å². The van der Waals surface area contributed by atoms with Crippen molar-refractivity contribution in [2.45, 2.75) is 18.9 Å². The van der Waals surface area contributed by atoms with Gasteiger partial charge in [0.1, 0.15) is 0 Å². The lowest BCUT2D eigenvalue weighted by atomic mass is 10.1. The molecular formula is C14H15ClN4OS. The predicted octanol–water partition coefficient (Wildman–Crippen LogP) is 2.59. The molecule has 3 heterocycles. The summed E-state index contributed by atoms with van der Waals surface area (Å²) < 4.78 is 0.635. The second-order valence-corrected chi connectivity index (χ2v) is 6.60. The monoisotopic (exact) mass is 322 g/mol. The molecule has 21 heavy (non-hydrogen) atoms. The van der Waals surface area contributed by atoms with Crippen LogP contribution in [0.2, 0.25) is 4.34 Å². The average molecular weight is 323 g/mol. The standard InChI is InChI=1S/C14H15ClN4OS/c15-12-3-2-11(21-12)13(20)18-10-4-8-19(9-5-10)14-16-6-1-7-17-14/h1-3,6-7,10H,4-5,8-9H2,(H,18,20). The maximum absolute atomic E-state index is 12.1. The van der Waals surface area contributed by atoms with Gasteiger partial charge < -0.3 is 10.2 Å². The first-order valence-corrected chi connectivity index (χ1v) is 8.00. The van der Waals surface area contributed by atoms with Crippen molar-refractivity contribution in [3.8, 4) is 0 Å². The number of anilines is 1. The van der Waals surface area contributed by atoms with E-state index >= 15 is 0 Å². The van der Waals surface area contributed by atoms with Crippen LogP contribution in [0, 0.1) is 0 Å². The van der Waals surface area contributed by atoms with Crippen LogP contribution in [0.15, 0.2) is 30.6 Å². The molecule has 5 nitrogen and oxygen atoms in total. The molecule has 7 heteroatoms. The molecule has 0 unspecified atom stereocenters. The topological polar surface area (TPSA) is 58.1 Å². The number of hydrogen-bond acceptors (Lipinski definition) is 5. The number of amides is 1. The van der Waals surface area contributed by atoms with Gasteiger partial charge in [0, 0.05) is 31.5 Å². The molecular weight excluding hydrogens is 308 g/mol. The van der Waals surface area contributed by atoms with Gasteiger partial charge in [0.15, 0.2) is 0 Å². The number of nitrogens with zero attached hydrogens (tertiary/aromatic N) is 3. The molecule has 0 saturated carbocycles. The molecule has 0 spiro atoms. The van der Waals surface area contributed by atoms with Crippen LogP contribution in [0.4, 0.5) is 5.95 Å². The van der Waals surface area contributed by atoms with Gasteiger partial charge in [-0.05, 0) is 31.0 Å². The van der Waals surface area contributed by atoms with Crippen molar-refractivity contribution in [2.24, 2.45) is 0 Å². The Kier molecular flexibility index (Phi) is 4.36. The van der Waals surface area contributed by atoms with Crippen molar-refractivity contribution in [3.63, 3.8) is 0 Å². The Morgan fingerprint density at radius 2 is 2.00 bits per heavy atom. The molecule has 1 aliphatic heterocycles. The van der Waals surface area contributed by atoms with Crippen LogP contribution in [0.1, 0.15) is 22.5 Å². The first-order chi connectivity index (χ1) is 10.2. The Balaban J connectivity index is 1.53. The van der Waals surface area contributed by atoms with Crippen molar-refractivity contribution < 1.29 is 4.79 Å². The molecule has 0 aromatic carbocycles. The number of nitrogens with one attached hydrogen (secondary N) is 1. The van der Waals surface area contributed by atoms with Gasteiger partial charge in [-0.3, -0.25) is 4.79 Å². The summed E-state index contributed by atoms with van der Waals surface area (Å²) in [6.45, 7) is 1.69. The van der Waals surface area contributed by atoms with E-state index in [-0.39, 0.29) is 11.9 Å². The molecule has 1 saturated heterocycles. The average Bonchev–Trinajstić information content (AvgIpc) is 2.96. The van der Waals surface area contributed by atoms with Gasteiger partial charge in [-0.15, -0.1) is 11.3 Å². The van der Waals surface area contributed by atoms with Crippen molar-refractivity contribution in [2.75, 3.05) is 18.0 Å². The summed E-state index contributed by atoms with van der Waals surface area (Å²) in [7, 11) is 0. The minimum Gasteiger partial charge on any atom is -0.348 e. The molecule has 1 fully saturated rings. The van der Waals surface area contributed by atoms with Gasteiger partial charge in [0.25, 0.3) is 5.91 Å². The third-order valence-electron chi connectivity index (χ3n) is 3.46. The van der Waals surface area contributed by atoms with Crippen molar-refractivity contribution in [1.82, 2.24) is 15.3 Å². The van der Waals surface area contributed by atoms with E-state index in [0.717, 1.165) is 31.9 Å². The van der Waals surface area contributed by atoms with E-state index in [2.05, 4.69) is 20.2 Å². The van der Waals surface area contributed by atoms with Crippen LogP contribution in [0.5, 0.6) is 0 Å². The SMILES string of the molecule is O=C(NC1CCN(c2ncccn2)CC1)c1ccc(Cl)s1. The maximum atomic E-state index is 12.1. The molecule has 0 radical (unpaired) electrons. The van der Waals surface area contributed by atoms with E-state index in [9.17, 15) is 4.79 Å².